The van der Waals surface area contributed by atoms with Gasteiger partial charge in [-0.05, 0) is 61.4 Å². The zero-order valence-electron chi connectivity index (χ0n) is 25.4. The molecular formula is C32H39F3N6O3. The van der Waals surface area contributed by atoms with Gasteiger partial charge in [0.1, 0.15) is 0 Å². The van der Waals surface area contributed by atoms with Crippen molar-refractivity contribution in [2.75, 3.05) is 63.2 Å². The van der Waals surface area contributed by atoms with Crippen LogP contribution >= 0.6 is 0 Å². The van der Waals surface area contributed by atoms with E-state index in [0.717, 1.165) is 23.3 Å². The number of nitrogens with one attached hydrogen (secondary N) is 1. The molecule has 9 nitrogen and oxygen atoms in total. The third-order valence-electron chi connectivity index (χ3n) is 7.62. The first kappa shape index (κ1) is 32.6. The Kier molecular flexibility index (Phi) is 10.4. The summed E-state index contributed by atoms with van der Waals surface area (Å²) in [4.78, 5) is 36.8. The van der Waals surface area contributed by atoms with Gasteiger partial charge in [0.15, 0.2) is 0 Å². The predicted molar refractivity (Wildman–Crippen MR) is 165 cm³/mol. The number of rotatable bonds is 10. The molecule has 1 atom stereocenters. The van der Waals surface area contributed by atoms with Crippen molar-refractivity contribution >= 4 is 23.2 Å². The van der Waals surface area contributed by atoms with Crippen molar-refractivity contribution in [3.05, 3.63) is 71.4 Å². The summed E-state index contributed by atoms with van der Waals surface area (Å²) in [6.45, 7) is 6.00. The smallest absolute Gasteiger partial charge is 0.416 e. The number of ether oxygens (including phenoxy) is 1. The summed E-state index contributed by atoms with van der Waals surface area (Å²) in [6, 6.07) is 12.4. The fourth-order valence-corrected chi connectivity index (χ4v) is 5.41. The molecule has 0 saturated carbocycles. The minimum Gasteiger partial charge on any atom is -0.478 e. The molecule has 236 valence electrons. The first-order valence-electron chi connectivity index (χ1n) is 14.6. The van der Waals surface area contributed by atoms with Gasteiger partial charge in [0.05, 0.1) is 23.3 Å². The second-order valence-corrected chi connectivity index (χ2v) is 10.7. The average Bonchev–Trinajstić information content (AvgIpc) is 3.02. The molecule has 0 bridgehead atoms. The quantitative estimate of drug-likeness (QED) is 0.343. The average molecular weight is 613 g/mol. The highest BCUT2D eigenvalue weighted by Crippen LogP contribution is 2.36. The summed E-state index contributed by atoms with van der Waals surface area (Å²) in [5.41, 5.74) is 7.96. The van der Waals surface area contributed by atoms with Crippen molar-refractivity contribution in [1.82, 2.24) is 15.2 Å². The Bertz CT molecular complexity index is 1480. The number of carbonyl (C=O) groups excluding carboxylic acids is 2. The molecule has 1 aliphatic rings. The third-order valence-corrected chi connectivity index (χ3v) is 7.62. The van der Waals surface area contributed by atoms with E-state index >= 15 is 0 Å². The van der Waals surface area contributed by atoms with Gasteiger partial charge in [-0.3, -0.25) is 9.59 Å². The molecule has 1 fully saturated rings. The van der Waals surface area contributed by atoms with Crippen LogP contribution < -0.4 is 25.6 Å². The molecule has 0 unspecified atom stereocenters. The molecule has 1 saturated heterocycles. The highest BCUT2D eigenvalue weighted by Gasteiger charge is 2.35. The maximum Gasteiger partial charge on any atom is 0.416 e. The Balaban J connectivity index is 1.66. The molecule has 1 aromatic heterocycles. The van der Waals surface area contributed by atoms with E-state index in [4.69, 9.17) is 10.5 Å². The number of hydrogen-bond acceptors (Lipinski definition) is 7. The van der Waals surface area contributed by atoms with E-state index in [9.17, 15) is 22.8 Å². The van der Waals surface area contributed by atoms with Crippen LogP contribution in [0.4, 0.5) is 24.5 Å². The van der Waals surface area contributed by atoms with Crippen molar-refractivity contribution in [1.29, 1.82) is 0 Å². The fraction of sp³-hybridized carbons (Fsp3) is 0.406. The minimum absolute atomic E-state index is 0.144. The van der Waals surface area contributed by atoms with Crippen LogP contribution in [0.1, 0.15) is 46.5 Å². The molecule has 44 heavy (non-hydrogen) atoms. The van der Waals surface area contributed by atoms with E-state index in [-0.39, 0.29) is 35.7 Å². The first-order valence-corrected chi connectivity index (χ1v) is 14.6. The normalized spacial score (nSPS) is 15.2. The van der Waals surface area contributed by atoms with Gasteiger partial charge in [0.2, 0.25) is 5.88 Å². The lowest BCUT2D eigenvalue weighted by Gasteiger charge is -2.43. The minimum atomic E-state index is -4.52. The Hall–Kier alpha value is -4.32. The highest BCUT2D eigenvalue weighted by atomic mass is 19.4. The van der Waals surface area contributed by atoms with Gasteiger partial charge in [-0.1, -0.05) is 13.0 Å². The van der Waals surface area contributed by atoms with E-state index in [1.54, 1.807) is 25.2 Å². The summed E-state index contributed by atoms with van der Waals surface area (Å²) in [5.74, 6) is -0.144. The molecule has 2 heterocycles. The number of carbonyl (C=O) groups is 2. The molecule has 12 heteroatoms. The van der Waals surface area contributed by atoms with Gasteiger partial charge in [-0.15, -0.1) is 0 Å². The van der Waals surface area contributed by atoms with Crippen molar-refractivity contribution < 1.29 is 27.5 Å². The number of halogens is 3. The number of hydrogen-bond donors (Lipinski definition) is 2. The summed E-state index contributed by atoms with van der Waals surface area (Å²) in [6.07, 6.45) is -2.20. The van der Waals surface area contributed by atoms with E-state index < -0.39 is 11.7 Å². The first-order chi connectivity index (χ1) is 21.0. The van der Waals surface area contributed by atoms with Crippen LogP contribution in [0.15, 0.2) is 54.7 Å². The van der Waals surface area contributed by atoms with Crippen molar-refractivity contribution in [2.24, 2.45) is 5.73 Å². The van der Waals surface area contributed by atoms with E-state index in [1.165, 1.54) is 11.0 Å². The maximum absolute atomic E-state index is 13.7. The van der Waals surface area contributed by atoms with Crippen molar-refractivity contribution in [3.8, 4) is 17.0 Å². The van der Waals surface area contributed by atoms with E-state index in [1.807, 2.05) is 44.2 Å². The molecule has 2 aromatic carbocycles. The van der Waals surface area contributed by atoms with Gasteiger partial charge >= 0.3 is 6.18 Å². The number of anilines is 2. The van der Waals surface area contributed by atoms with Crippen LogP contribution in [0.3, 0.4) is 0 Å². The van der Waals surface area contributed by atoms with Gasteiger partial charge in [0.25, 0.3) is 11.8 Å². The molecular weight excluding hydrogens is 573 g/mol. The molecule has 4 rings (SSSR count). The summed E-state index contributed by atoms with van der Waals surface area (Å²) in [5, 5.41) is 2.87. The number of nitrogens with two attached hydrogens (primary N) is 1. The number of benzene rings is 2. The molecule has 3 aromatic rings. The SMILES string of the molecule is CCOc1ncccc1-c1ccc(N2CCN(C(=O)c3ccc(C(F)(F)F)cc3N(C)C)C[C@H]2CC)c(C(=O)NCCN)c1. The Labute approximate surface area is 255 Å². The number of aromatic nitrogens is 1. The van der Waals surface area contributed by atoms with E-state index in [2.05, 4.69) is 15.2 Å². The molecule has 0 aliphatic carbocycles. The van der Waals surface area contributed by atoms with Gasteiger partial charge in [-0.2, -0.15) is 13.2 Å². The van der Waals surface area contributed by atoms with Gasteiger partial charge in [0, 0.05) is 76.0 Å². The van der Waals surface area contributed by atoms with Crippen LogP contribution in [0.25, 0.3) is 11.1 Å². The second kappa shape index (κ2) is 14.0. The lowest BCUT2D eigenvalue weighted by Crippen LogP contribution is -2.55. The lowest BCUT2D eigenvalue weighted by molar-refractivity contribution is -0.137. The number of piperazine rings is 1. The number of pyridine rings is 1. The second-order valence-electron chi connectivity index (χ2n) is 10.7. The third kappa shape index (κ3) is 7.07. The molecule has 0 spiro atoms. The Morgan fingerprint density at radius 3 is 2.52 bits per heavy atom. The zero-order valence-corrected chi connectivity index (χ0v) is 25.4. The Morgan fingerprint density at radius 1 is 1.09 bits per heavy atom. The number of nitrogens with zero attached hydrogens (tertiary/aromatic N) is 4. The van der Waals surface area contributed by atoms with Gasteiger partial charge < -0.3 is 30.5 Å². The van der Waals surface area contributed by atoms with Crippen LogP contribution in [0.5, 0.6) is 5.88 Å². The van der Waals surface area contributed by atoms with Gasteiger partial charge in [-0.25, -0.2) is 4.98 Å². The molecule has 3 N–H and O–H groups in total. The maximum atomic E-state index is 13.7. The highest BCUT2D eigenvalue weighted by molar-refractivity contribution is 6.02. The molecule has 0 radical (unpaired) electrons. The summed E-state index contributed by atoms with van der Waals surface area (Å²) in [7, 11) is 3.23. The van der Waals surface area contributed by atoms with Crippen LogP contribution in [-0.2, 0) is 6.18 Å². The molecule has 2 amide bonds. The van der Waals surface area contributed by atoms with E-state index in [0.29, 0.717) is 56.3 Å². The van der Waals surface area contributed by atoms with Crippen LogP contribution in [0, 0.1) is 0 Å². The summed E-state index contributed by atoms with van der Waals surface area (Å²) < 4.78 is 45.9. The topological polar surface area (TPSA) is 104 Å². The summed E-state index contributed by atoms with van der Waals surface area (Å²) >= 11 is 0. The monoisotopic (exact) mass is 612 g/mol. The molecule has 1 aliphatic heterocycles. The Morgan fingerprint density at radius 2 is 1.86 bits per heavy atom. The van der Waals surface area contributed by atoms with Crippen LogP contribution in [-0.4, -0.2) is 81.2 Å². The van der Waals surface area contributed by atoms with Crippen molar-refractivity contribution in [2.45, 2.75) is 32.5 Å². The number of amides is 2. The fourth-order valence-electron chi connectivity index (χ4n) is 5.41. The zero-order chi connectivity index (χ0) is 32.0. The number of alkyl halides is 3. The lowest BCUT2D eigenvalue weighted by atomic mass is 9.99. The largest absolute Gasteiger partial charge is 0.478 e. The van der Waals surface area contributed by atoms with Crippen molar-refractivity contribution in [3.63, 3.8) is 0 Å². The van der Waals surface area contributed by atoms with Crippen LogP contribution in [0.2, 0.25) is 0 Å². The predicted octanol–water partition coefficient (Wildman–Crippen LogP) is 4.66. The standard InChI is InChI=1S/C32H39F3N6O3/c1-5-23-20-40(31(43)25-11-10-22(32(33,34)35)19-28(25)39(3)4)16-17-41(23)27-12-9-21(18-26(27)29(42)37-15-13-36)24-8-7-14-38-30(24)44-6-2/h7-12,14,18-19,23H,5-6,13,15-17,20,36H2,1-4H3,(H,37,42)/t23-/m1/s1.